The van der Waals surface area contributed by atoms with Crippen LogP contribution in [0.4, 0.5) is 0 Å². The molecule has 1 aliphatic rings. The Labute approximate surface area is 114 Å². The molecule has 19 heavy (non-hydrogen) atoms. The maximum absolute atomic E-state index is 11.4. The van der Waals surface area contributed by atoms with Crippen molar-refractivity contribution in [3.05, 3.63) is 32.3 Å². The van der Waals surface area contributed by atoms with E-state index in [0.29, 0.717) is 0 Å². The summed E-state index contributed by atoms with van der Waals surface area (Å²) in [7, 11) is 0. The van der Waals surface area contributed by atoms with Gasteiger partial charge < -0.3 is 14.9 Å². The first-order chi connectivity index (χ1) is 8.77. The Balaban J connectivity index is 3.01. The first-order valence-corrected chi connectivity index (χ1v) is 5.31. The fourth-order valence-electron chi connectivity index (χ4n) is 1.66. The zero-order valence-electron chi connectivity index (χ0n) is 8.69. The number of cyclic esters (lactones) is 2. The van der Waals surface area contributed by atoms with Crippen LogP contribution in [0.25, 0.3) is 0 Å². The van der Waals surface area contributed by atoms with E-state index in [1.54, 1.807) is 0 Å². The van der Waals surface area contributed by atoms with Gasteiger partial charge >= 0.3 is 23.9 Å². The van der Waals surface area contributed by atoms with Crippen LogP contribution >= 0.6 is 23.2 Å². The van der Waals surface area contributed by atoms with Crippen LogP contribution < -0.4 is 0 Å². The summed E-state index contributed by atoms with van der Waals surface area (Å²) in [6.45, 7) is 0. The first-order valence-electron chi connectivity index (χ1n) is 4.55. The zero-order chi connectivity index (χ0) is 14.5. The summed E-state index contributed by atoms with van der Waals surface area (Å²) >= 11 is 11.3. The van der Waals surface area contributed by atoms with E-state index in [4.69, 9.17) is 33.4 Å². The highest BCUT2D eigenvalue weighted by atomic mass is 35.5. The summed E-state index contributed by atoms with van der Waals surface area (Å²) in [5, 5.41) is 16.5. The number of aromatic carboxylic acids is 2. The van der Waals surface area contributed by atoms with E-state index in [9.17, 15) is 19.2 Å². The van der Waals surface area contributed by atoms with Crippen molar-refractivity contribution in [1.29, 1.82) is 0 Å². The van der Waals surface area contributed by atoms with Crippen LogP contribution in [0.15, 0.2) is 0 Å². The summed E-state index contributed by atoms with van der Waals surface area (Å²) in [4.78, 5) is 44.8. The molecule has 0 saturated carbocycles. The number of hydrogen-bond donors (Lipinski definition) is 2. The summed E-state index contributed by atoms with van der Waals surface area (Å²) in [5.74, 6) is -5.74. The van der Waals surface area contributed by atoms with Crippen LogP contribution in [0.3, 0.4) is 0 Å². The van der Waals surface area contributed by atoms with Crippen molar-refractivity contribution < 1.29 is 34.1 Å². The van der Waals surface area contributed by atoms with Crippen LogP contribution in [0, 0.1) is 0 Å². The Hall–Kier alpha value is -2.12. The standard InChI is InChI=1S/C10H2Cl2O7/c11-5-1(7(13)14)2(8(15)16)6(12)4-3(5)9(17)19-10(4)18/h(H,13,14)(H,15,16). The minimum atomic E-state index is -1.70. The maximum Gasteiger partial charge on any atom is 0.348 e. The molecule has 2 rings (SSSR count). The summed E-state index contributed by atoms with van der Waals surface area (Å²) in [5.41, 5.74) is -2.83. The van der Waals surface area contributed by atoms with E-state index in [1.165, 1.54) is 0 Å². The smallest absolute Gasteiger partial charge is 0.348 e. The molecule has 0 radical (unpaired) electrons. The second kappa shape index (κ2) is 4.22. The SMILES string of the molecule is O=C(O)c1c(Cl)c2c(c(Cl)c1C(=O)O)C(=O)OC2=O. The Morgan fingerprint density at radius 1 is 0.842 bits per heavy atom. The minimum Gasteiger partial charge on any atom is -0.478 e. The number of carboxylic acid groups (broad SMARTS) is 2. The van der Waals surface area contributed by atoms with Crippen molar-refractivity contribution in [1.82, 2.24) is 0 Å². The predicted molar refractivity (Wildman–Crippen MR) is 60.1 cm³/mol. The molecule has 0 fully saturated rings. The molecule has 0 spiro atoms. The molecule has 0 saturated heterocycles. The van der Waals surface area contributed by atoms with Crippen LogP contribution in [-0.2, 0) is 4.74 Å². The Bertz CT molecular complexity index is 620. The number of esters is 2. The Morgan fingerprint density at radius 2 is 1.16 bits per heavy atom. The summed E-state index contributed by atoms with van der Waals surface area (Å²) in [6, 6.07) is 0. The van der Waals surface area contributed by atoms with Crippen LogP contribution in [0.1, 0.15) is 41.4 Å². The quantitative estimate of drug-likeness (QED) is 0.630. The van der Waals surface area contributed by atoms with Gasteiger partial charge in [0, 0.05) is 0 Å². The van der Waals surface area contributed by atoms with E-state index in [1.807, 2.05) is 0 Å². The van der Waals surface area contributed by atoms with Crippen molar-refractivity contribution in [3.8, 4) is 0 Å². The number of hydrogen-bond acceptors (Lipinski definition) is 5. The van der Waals surface area contributed by atoms with Crippen molar-refractivity contribution in [2.75, 3.05) is 0 Å². The van der Waals surface area contributed by atoms with E-state index >= 15 is 0 Å². The normalized spacial score (nSPS) is 13.2. The highest BCUT2D eigenvalue weighted by Gasteiger charge is 2.40. The third-order valence-corrected chi connectivity index (χ3v) is 3.16. The molecule has 0 atom stereocenters. The number of carboxylic acids is 2. The Morgan fingerprint density at radius 3 is 1.42 bits per heavy atom. The van der Waals surface area contributed by atoms with Crippen LogP contribution in [0.2, 0.25) is 10.0 Å². The molecule has 0 aliphatic carbocycles. The fraction of sp³-hybridized carbons (Fsp3) is 0. The molecular weight excluding hydrogens is 303 g/mol. The van der Waals surface area contributed by atoms with E-state index in [-0.39, 0.29) is 0 Å². The van der Waals surface area contributed by atoms with Crippen molar-refractivity contribution in [2.24, 2.45) is 0 Å². The molecule has 7 nitrogen and oxygen atoms in total. The van der Waals surface area contributed by atoms with Crippen LogP contribution in [-0.4, -0.2) is 34.1 Å². The molecule has 1 aromatic rings. The van der Waals surface area contributed by atoms with Crippen molar-refractivity contribution >= 4 is 47.1 Å². The second-order valence-corrected chi connectivity index (χ2v) is 4.17. The molecule has 2 N–H and O–H groups in total. The topological polar surface area (TPSA) is 118 Å². The fourth-order valence-corrected chi connectivity index (χ4v) is 2.35. The largest absolute Gasteiger partial charge is 0.478 e. The molecule has 0 aromatic heterocycles. The molecule has 0 unspecified atom stereocenters. The maximum atomic E-state index is 11.4. The van der Waals surface area contributed by atoms with Gasteiger partial charge in [-0.05, 0) is 0 Å². The lowest BCUT2D eigenvalue weighted by atomic mass is 9.99. The summed E-state index contributed by atoms with van der Waals surface area (Å²) in [6.07, 6.45) is 0. The van der Waals surface area contributed by atoms with Gasteiger partial charge in [-0.15, -0.1) is 0 Å². The average Bonchev–Trinajstić information content (AvgIpc) is 2.58. The highest BCUT2D eigenvalue weighted by Crippen LogP contribution is 2.39. The highest BCUT2D eigenvalue weighted by molar-refractivity contribution is 6.44. The van der Waals surface area contributed by atoms with Gasteiger partial charge in [-0.2, -0.15) is 0 Å². The summed E-state index contributed by atoms with van der Waals surface area (Å²) < 4.78 is 4.23. The Kier molecular flexibility index (Phi) is 2.95. The minimum absolute atomic E-state index is 0.543. The molecular formula is C10H2Cl2O7. The lowest BCUT2D eigenvalue weighted by Gasteiger charge is -2.09. The van der Waals surface area contributed by atoms with Gasteiger partial charge in [0.2, 0.25) is 0 Å². The van der Waals surface area contributed by atoms with E-state index in [2.05, 4.69) is 4.74 Å². The van der Waals surface area contributed by atoms with Gasteiger partial charge in [-0.3, -0.25) is 0 Å². The molecule has 1 aromatic carbocycles. The number of rotatable bonds is 2. The van der Waals surface area contributed by atoms with Crippen LogP contribution in [0.5, 0.6) is 0 Å². The number of ether oxygens (including phenoxy) is 1. The molecule has 0 amide bonds. The number of benzene rings is 1. The molecule has 1 aliphatic heterocycles. The average molecular weight is 305 g/mol. The van der Waals surface area contributed by atoms with Gasteiger partial charge in [-0.25, -0.2) is 19.2 Å². The second-order valence-electron chi connectivity index (χ2n) is 3.42. The number of halogens is 2. The molecule has 1 heterocycles. The molecule has 0 bridgehead atoms. The zero-order valence-corrected chi connectivity index (χ0v) is 10.2. The number of fused-ring (bicyclic) bond motifs is 1. The lowest BCUT2D eigenvalue weighted by Crippen LogP contribution is -2.13. The van der Waals surface area contributed by atoms with Crippen molar-refractivity contribution in [3.63, 3.8) is 0 Å². The molecule has 98 valence electrons. The first kappa shape index (κ1) is 13.3. The van der Waals surface area contributed by atoms with Gasteiger partial charge in [0.1, 0.15) is 0 Å². The van der Waals surface area contributed by atoms with E-state index < -0.39 is 56.2 Å². The van der Waals surface area contributed by atoms with Gasteiger partial charge in [0.15, 0.2) is 0 Å². The lowest BCUT2D eigenvalue weighted by molar-refractivity contribution is 0.0443. The number of carbonyl (C=O) groups is 4. The third kappa shape index (κ3) is 1.74. The van der Waals surface area contributed by atoms with Gasteiger partial charge in [0.05, 0.1) is 32.3 Å². The van der Waals surface area contributed by atoms with Gasteiger partial charge in [0.25, 0.3) is 0 Å². The predicted octanol–water partition coefficient (Wildman–Crippen LogP) is 1.70. The van der Waals surface area contributed by atoms with E-state index in [0.717, 1.165) is 0 Å². The monoisotopic (exact) mass is 304 g/mol. The molecule has 9 heteroatoms. The van der Waals surface area contributed by atoms with Gasteiger partial charge in [-0.1, -0.05) is 23.2 Å². The van der Waals surface area contributed by atoms with Crippen molar-refractivity contribution in [2.45, 2.75) is 0 Å². The third-order valence-electron chi connectivity index (χ3n) is 2.40. The number of carbonyl (C=O) groups excluding carboxylic acids is 2.